The first-order valence-electron chi connectivity index (χ1n) is 3.88. The van der Waals surface area contributed by atoms with E-state index in [4.69, 9.17) is 11.5 Å². The van der Waals surface area contributed by atoms with Gasteiger partial charge in [0.05, 0.1) is 0 Å². The van der Waals surface area contributed by atoms with Gasteiger partial charge in [-0.05, 0) is 36.1 Å². The number of hydrogen-bond acceptors (Lipinski definition) is 2. The van der Waals surface area contributed by atoms with Crippen LogP contribution in [0.25, 0.3) is 0 Å². The molecule has 0 aromatic heterocycles. The van der Waals surface area contributed by atoms with Crippen molar-refractivity contribution in [2.75, 3.05) is 5.73 Å². The van der Waals surface area contributed by atoms with E-state index in [0.717, 1.165) is 18.5 Å². The quantitative estimate of drug-likeness (QED) is 0.594. The van der Waals surface area contributed by atoms with Crippen LogP contribution in [0, 0.1) is 0 Å². The van der Waals surface area contributed by atoms with Crippen molar-refractivity contribution in [3.63, 3.8) is 0 Å². The summed E-state index contributed by atoms with van der Waals surface area (Å²) in [5.74, 6) is 0. The molecule has 12 heavy (non-hydrogen) atoms. The Kier molecular flexibility index (Phi) is 2.60. The minimum atomic E-state index is 0. The highest BCUT2D eigenvalue weighted by molar-refractivity contribution is 5.85. The van der Waals surface area contributed by atoms with Crippen molar-refractivity contribution >= 4 is 18.1 Å². The van der Waals surface area contributed by atoms with Crippen LogP contribution in [-0.2, 0) is 12.8 Å². The highest BCUT2D eigenvalue weighted by Gasteiger charge is 2.17. The van der Waals surface area contributed by atoms with Crippen LogP contribution in [0.5, 0.6) is 0 Å². The predicted octanol–water partition coefficient (Wildman–Crippen LogP) is 1.12. The molecule has 0 amide bonds. The Labute approximate surface area is 78.4 Å². The molecule has 1 aliphatic carbocycles. The molecule has 3 heteroatoms. The summed E-state index contributed by atoms with van der Waals surface area (Å²) in [5, 5.41) is 0. The molecule has 66 valence electrons. The summed E-state index contributed by atoms with van der Waals surface area (Å²) < 4.78 is 0. The number of anilines is 1. The van der Waals surface area contributed by atoms with Crippen molar-refractivity contribution in [2.24, 2.45) is 5.73 Å². The molecule has 0 heterocycles. The van der Waals surface area contributed by atoms with Crippen molar-refractivity contribution < 1.29 is 0 Å². The van der Waals surface area contributed by atoms with Gasteiger partial charge < -0.3 is 11.5 Å². The lowest BCUT2D eigenvalue weighted by Crippen LogP contribution is -2.18. The van der Waals surface area contributed by atoms with Gasteiger partial charge in [-0.2, -0.15) is 0 Å². The lowest BCUT2D eigenvalue weighted by molar-refractivity contribution is 0.721. The summed E-state index contributed by atoms with van der Waals surface area (Å²) in [7, 11) is 0. The summed E-state index contributed by atoms with van der Waals surface area (Å²) in [6, 6.07) is 6.36. The van der Waals surface area contributed by atoms with Crippen LogP contribution >= 0.6 is 12.4 Å². The van der Waals surface area contributed by atoms with Gasteiger partial charge >= 0.3 is 0 Å². The average Bonchev–Trinajstić information content (AvgIpc) is 2.27. The molecule has 1 aliphatic rings. The molecule has 1 aromatic rings. The van der Waals surface area contributed by atoms with E-state index in [9.17, 15) is 0 Å². The average molecular weight is 185 g/mol. The second-order valence-corrected chi connectivity index (χ2v) is 3.20. The van der Waals surface area contributed by atoms with Gasteiger partial charge in [0, 0.05) is 11.7 Å². The third-order valence-electron chi connectivity index (χ3n) is 2.19. The molecule has 1 atom stereocenters. The SMILES string of the molecule is Cl.Nc1ccc2c(c1)CC(N)C2. The van der Waals surface area contributed by atoms with Crippen molar-refractivity contribution in [1.29, 1.82) is 0 Å². The van der Waals surface area contributed by atoms with Gasteiger partial charge in [0.1, 0.15) is 0 Å². The van der Waals surface area contributed by atoms with Gasteiger partial charge in [-0.15, -0.1) is 12.4 Å². The molecule has 1 aromatic carbocycles. The van der Waals surface area contributed by atoms with Crippen molar-refractivity contribution in [3.8, 4) is 0 Å². The third-order valence-corrected chi connectivity index (χ3v) is 2.19. The van der Waals surface area contributed by atoms with Crippen molar-refractivity contribution in [3.05, 3.63) is 29.3 Å². The van der Waals surface area contributed by atoms with Crippen LogP contribution in [0.1, 0.15) is 11.1 Å². The molecule has 0 bridgehead atoms. The molecule has 2 rings (SSSR count). The van der Waals surface area contributed by atoms with Gasteiger partial charge in [0.25, 0.3) is 0 Å². The Morgan fingerprint density at radius 3 is 2.58 bits per heavy atom. The number of nitrogen functional groups attached to an aromatic ring is 1. The molecule has 4 N–H and O–H groups in total. The summed E-state index contributed by atoms with van der Waals surface area (Å²) in [6.07, 6.45) is 2.00. The zero-order valence-corrected chi connectivity index (χ0v) is 7.60. The maximum absolute atomic E-state index is 5.79. The van der Waals surface area contributed by atoms with Crippen molar-refractivity contribution in [2.45, 2.75) is 18.9 Å². The smallest absolute Gasteiger partial charge is 0.0316 e. The Bertz CT molecular complexity index is 286. The van der Waals surface area contributed by atoms with E-state index in [1.807, 2.05) is 12.1 Å². The molecular formula is C9H13ClN2. The lowest BCUT2D eigenvalue weighted by atomic mass is 10.1. The van der Waals surface area contributed by atoms with Crippen LogP contribution in [0.3, 0.4) is 0 Å². The first kappa shape index (κ1) is 9.36. The molecule has 0 saturated carbocycles. The van der Waals surface area contributed by atoms with Crippen LogP contribution < -0.4 is 11.5 Å². The number of halogens is 1. The number of fused-ring (bicyclic) bond motifs is 1. The van der Waals surface area contributed by atoms with E-state index >= 15 is 0 Å². The molecule has 0 radical (unpaired) electrons. The summed E-state index contributed by atoms with van der Waals surface area (Å²) in [5.41, 5.74) is 15.0. The molecule has 2 nitrogen and oxygen atoms in total. The molecule has 0 fully saturated rings. The van der Waals surface area contributed by atoms with Gasteiger partial charge in [0.15, 0.2) is 0 Å². The molecule has 1 unspecified atom stereocenters. The molecular weight excluding hydrogens is 172 g/mol. The second-order valence-electron chi connectivity index (χ2n) is 3.20. The largest absolute Gasteiger partial charge is 0.399 e. The minimum absolute atomic E-state index is 0. The molecule has 0 saturated heterocycles. The van der Waals surface area contributed by atoms with Crippen LogP contribution in [-0.4, -0.2) is 6.04 Å². The van der Waals surface area contributed by atoms with E-state index in [-0.39, 0.29) is 12.4 Å². The van der Waals surface area contributed by atoms with E-state index in [1.165, 1.54) is 11.1 Å². The van der Waals surface area contributed by atoms with E-state index in [2.05, 4.69) is 6.07 Å². The fourth-order valence-corrected chi connectivity index (χ4v) is 1.67. The van der Waals surface area contributed by atoms with Crippen LogP contribution in [0.2, 0.25) is 0 Å². The number of nitrogens with two attached hydrogens (primary N) is 2. The maximum atomic E-state index is 5.79. The fraction of sp³-hybridized carbons (Fsp3) is 0.333. The number of hydrogen-bond donors (Lipinski definition) is 2. The standard InChI is InChI=1S/C9H12N2.ClH/c10-8-2-1-6-3-9(11)5-7(6)4-8;/h1-2,4,9H,3,5,10-11H2;1H. The second kappa shape index (κ2) is 3.33. The van der Waals surface area contributed by atoms with E-state index in [1.54, 1.807) is 0 Å². The first-order valence-corrected chi connectivity index (χ1v) is 3.88. The summed E-state index contributed by atoms with van der Waals surface area (Å²) in [6.45, 7) is 0. The zero-order chi connectivity index (χ0) is 7.84. The Hall–Kier alpha value is -0.730. The maximum Gasteiger partial charge on any atom is 0.0316 e. The predicted molar refractivity (Wildman–Crippen MR) is 53.5 cm³/mol. The van der Waals surface area contributed by atoms with Gasteiger partial charge in [-0.3, -0.25) is 0 Å². The van der Waals surface area contributed by atoms with Crippen molar-refractivity contribution in [1.82, 2.24) is 0 Å². The minimum Gasteiger partial charge on any atom is -0.399 e. The lowest BCUT2D eigenvalue weighted by Gasteiger charge is -1.97. The van der Waals surface area contributed by atoms with Gasteiger partial charge in [-0.25, -0.2) is 0 Å². The van der Waals surface area contributed by atoms with E-state index in [0.29, 0.717) is 6.04 Å². The van der Waals surface area contributed by atoms with Crippen LogP contribution in [0.4, 0.5) is 5.69 Å². The zero-order valence-electron chi connectivity index (χ0n) is 6.79. The third kappa shape index (κ3) is 1.54. The summed E-state index contributed by atoms with van der Waals surface area (Å²) >= 11 is 0. The molecule has 0 spiro atoms. The summed E-state index contributed by atoms with van der Waals surface area (Å²) in [4.78, 5) is 0. The molecule has 0 aliphatic heterocycles. The Balaban J connectivity index is 0.000000720. The Morgan fingerprint density at radius 1 is 1.17 bits per heavy atom. The number of rotatable bonds is 0. The fourth-order valence-electron chi connectivity index (χ4n) is 1.67. The Morgan fingerprint density at radius 2 is 1.83 bits per heavy atom. The van der Waals surface area contributed by atoms with Gasteiger partial charge in [0.2, 0.25) is 0 Å². The van der Waals surface area contributed by atoms with Crippen LogP contribution in [0.15, 0.2) is 18.2 Å². The highest BCUT2D eigenvalue weighted by atomic mass is 35.5. The number of benzene rings is 1. The van der Waals surface area contributed by atoms with E-state index < -0.39 is 0 Å². The normalized spacial score (nSPS) is 19.9. The highest BCUT2D eigenvalue weighted by Crippen LogP contribution is 2.22. The first-order chi connectivity index (χ1) is 5.25. The monoisotopic (exact) mass is 184 g/mol. The van der Waals surface area contributed by atoms with Gasteiger partial charge in [-0.1, -0.05) is 6.07 Å². The topological polar surface area (TPSA) is 52.0 Å².